The second kappa shape index (κ2) is 6.16. The predicted octanol–water partition coefficient (Wildman–Crippen LogP) is 0.139. The van der Waals surface area contributed by atoms with Crippen molar-refractivity contribution in [2.75, 3.05) is 23.8 Å². The van der Waals surface area contributed by atoms with Crippen LogP contribution in [0, 0.1) is 0 Å². The van der Waals surface area contributed by atoms with Crippen LogP contribution in [0.15, 0.2) is 21.6 Å². The van der Waals surface area contributed by atoms with Gasteiger partial charge in [0.05, 0.1) is 5.75 Å². The Morgan fingerprint density at radius 1 is 1.37 bits per heavy atom. The van der Waals surface area contributed by atoms with Crippen molar-refractivity contribution >= 4 is 41.6 Å². The van der Waals surface area contributed by atoms with Crippen LogP contribution in [0.4, 0.5) is 5.82 Å². The lowest BCUT2D eigenvalue weighted by molar-refractivity contribution is 0.581. The fourth-order valence-corrected chi connectivity index (χ4v) is 3.65. The SMILES string of the molecule is CCS(=O)(=O)CCNS(=O)(=O)c1cc(Br)cnc1N. The number of sulfone groups is 1. The van der Waals surface area contributed by atoms with Crippen LogP contribution in [0.5, 0.6) is 0 Å². The van der Waals surface area contributed by atoms with E-state index in [-0.39, 0.29) is 28.8 Å². The van der Waals surface area contributed by atoms with Crippen LogP contribution in [-0.2, 0) is 19.9 Å². The zero-order valence-corrected chi connectivity index (χ0v) is 13.3. The summed E-state index contributed by atoms with van der Waals surface area (Å²) in [5.41, 5.74) is 5.49. The molecule has 108 valence electrons. The summed E-state index contributed by atoms with van der Waals surface area (Å²) >= 11 is 3.09. The maximum atomic E-state index is 11.9. The molecule has 1 heterocycles. The largest absolute Gasteiger partial charge is 0.383 e. The molecule has 0 saturated carbocycles. The van der Waals surface area contributed by atoms with Gasteiger partial charge in [-0.2, -0.15) is 0 Å². The molecule has 0 aliphatic heterocycles. The number of pyridine rings is 1. The molecule has 0 radical (unpaired) electrons. The monoisotopic (exact) mass is 371 g/mol. The average Bonchev–Trinajstić information content (AvgIpc) is 2.31. The number of nitrogen functional groups attached to an aromatic ring is 1. The molecule has 7 nitrogen and oxygen atoms in total. The van der Waals surface area contributed by atoms with Crippen molar-refractivity contribution in [2.24, 2.45) is 0 Å². The summed E-state index contributed by atoms with van der Waals surface area (Å²) in [6.45, 7) is 1.30. The van der Waals surface area contributed by atoms with Gasteiger partial charge in [-0.15, -0.1) is 0 Å². The van der Waals surface area contributed by atoms with E-state index in [1.54, 1.807) is 0 Å². The van der Waals surface area contributed by atoms with Gasteiger partial charge in [0.1, 0.15) is 10.7 Å². The molecule has 0 amide bonds. The van der Waals surface area contributed by atoms with E-state index in [1.165, 1.54) is 19.2 Å². The lowest BCUT2D eigenvalue weighted by Crippen LogP contribution is -2.30. The lowest BCUT2D eigenvalue weighted by atomic mass is 10.5. The van der Waals surface area contributed by atoms with Crippen molar-refractivity contribution in [3.05, 3.63) is 16.7 Å². The molecular weight excluding hydrogens is 358 g/mol. The van der Waals surface area contributed by atoms with Crippen molar-refractivity contribution in [2.45, 2.75) is 11.8 Å². The molecule has 0 saturated heterocycles. The summed E-state index contributed by atoms with van der Waals surface area (Å²) in [6.07, 6.45) is 1.37. The van der Waals surface area contributed by atoms with Gasteiger partial charge < -0.3 is 5.73 Å². The first kappa shape index (κ1) is 16.3. The zero-order chi connectivity index (χ0) is 14.7. The van der Waals surface area contributed by atoms with Crippen LogP contribution in [0.2, 0.25) is 0 Å². The summed E-state index contributed by atoms with van der Waals surface area (Å²) in [6, 6.07) is 1.30. The van der Waals surface area contributed by atoms with Crippen molar-refractivity contribution < 1.29 is 16.8 Å². The standard InChI is InChI=1S/C9H14BrN3O4S2/c1-2-18(14,15)4-3-13-19(16,17)8-5-7(10)6-12-9(8)11/h5-6,13H,2-4H2,1H3,(H2,11,12). The van der Waals surface area contributed by atoms with Crippen molar-refractivity contribution in [3.63, 3.8) is 0 Å². The minimum atomic E-state index is -3.88. The van der Waals surface area contributed by atoms with Crippen LogP contribution in [0.3, 0.4) is 0 Å². The van der Waals surface area contributed by atoms with Gasteiger partial charge in [0.25, 0.3) is 0 Å². The van der Waals surface area contributed by atoms with E-state index in [9.17, 15) is 16.8 Å². The fourth-order valence-electron chi connectivity index (χ4n) is 1.20. The third kappa shape index (κ3) is 4.71. The molecule has 0 aromatic carbocycles. The van der Waals surface area contributed by atoms with E-state index in [2.05, 4.69) is 25.6 Å². The topological polar surface area (TPSA) is 119 Å². The van der Waals surface area contributed by atoms with Crippen LogP contribution in [0.1, 0.15) is 6.92 Å². The summed E-state index contributed by atoms with van der Waals surface area (Å²) in [7, 11) is -7.10. The number of rotatable bonds is 6. The average molecular weight is 372 g/mol. The normalized spacial score (nSPS) is 12.5. The van der Waals surface area contributed by atoms with Crippen LogP contribution >= 0.6 is 15.9 Å². The highest BCUT2D eigenvalue weighted by Gasteiger charge is 2.19. The van der Waals surface area contributed by atoms with Crippen molar-refractivity contribution in [1.82, 2.24) is 9.71 Å². The van der Waals surface area contributed by atoms with E-state index < -0.39 is 19.9 Å². The summed E-state index contributed by atoms with van der Waals surface area (Å²) in [5.74, 6) is -0.437. The number of anilines is 1. The molecule has 0 aliphatic rings. The van der Waals surface area contributed by atoms with Crippen molar-refractivity contribution in [1.29, 1.82) is 0 Å². The Kier molecular flexibility index (Phi) is 5.30. The van der Waals surface area contributed by atoms with Gasteiger partial charge in [-0.1, -0.05) is 6.92 Å². The smallest absolute Gasteiger partial charge is 0.244 e. The molecule has 0 spiro atoms. The molecule has 0 bridgehead atoms. The highest BCUT2D eigenvalue weighted by molar-refractivity contribution is 9.10. The van der Waals surface area contributed by atoms with Gasteiger partial charge in [0.15, 0.2) is 9.84 Å². The Hall–Kier alpha value is -0.710. The van der Waals surface area contributed by atoms with Gasteiger partial charge in [-0.05, 0) is 22.0 Å². The van der Waals surface area contributed by atoms with E-state index in [1.807, 2.05) is 0 Å². The maximum absolute atomic E-state index is 11.9. The Morgan fingerprint density at radius 2 is 2.00 bits per heavy atom. The molecule has 10 heteroatoms. The maximum Gasteiger partial charge on any atom is 0.244 e. The number of nitrogens with two attached hydrogens (primary N) is 1. The Morgan fingerprint density at radius 3 is 2.58 bits per heavy atom. The quantitative estimate of drug-likeness (QED) is 0.733. The van der Waals surface area contributed by atoms with Gasteiger partial charge >= 0.3 is 0 Å². The molecule has 0 fully saturated rings. The minimum absolute atomic E-state index is 0.0324. The van der Waals surface area contributed by atoms with Crippen LogP contribution in [-0.4, -0.2) is 39.9 Å². The van der Waals surface area contributed by atoms with E-state index in [0.29, 0.717) is 4.47 Å². The molecular formula is C9H14BrN3O4S2. The van der Waals surface area contributed by atoms with Crippen LogP contribution in [0.25, 0.3) is 0 Å². The van der Waals surface area contributed by atoms with Gasteiger partial charge in [-0.25, -0.2) is 26.5 Å². The van der Waals surface area contributed by atoms with E-state index in [4.69, 9.17) is 5.73 Å². The van der Waals surface area contributed by atoms with Gasteiger partial charge in [0, 0.05) is 23.0 Å². The molecule has 0 unspecified atom stereocenters. The van der Waals surface area contributed by atoms with Crippen LogP contribution < -0.4 is 10.5 Å². The Balaban J connectivity index is 2.85. The van der Waals surface area contributed by atoms with Crippen molar-refractivity contribution in [3.8, 4) is 0 Å². The first-order valence-electron chi connectivity index (χ1n) is 5.29. The second-order valence-corrected chi connectivity index (χ2v) is 8.79. The number of nitrogens with zero attached hydrogens (tertiary/aromatic N) is 1. The summed E-state index contributed by atoms with van der Waals surface area (Å²) in [4.78, 5) is 3.53. The summed E-state index contributed by atoms with van der Waals surface area (Å²) in [5, 5.41) is 0. The van der Waals surface area contributed by atoms with Gasteiger partial charge in [0.2, 0.25) is 10.0 Å². The number of hydrogen-bond acceptors (Lipinski definition) is 6. The third-order valence-electron chi connectivity index (χ3n) is 2.28. The first-order valence-corrected chi connectivity index (χ1v) is 9.39. The number of aromatic nitrogens is 1. The number of nitrogens with one attached hydrogen (secondary N) is 1. The Labute approximate surface area is 120 Å². The molecule has 0 aliphatic carbocycles. The van der Waals surface area contributed by atoms with Gasteiger partial charge in [-0.3, -0.25) is 0 Å². The molecule has 1 aromatic rings. The summed E-state index contributed by atoms with van der Waals surface area (Å²) < 4.78 is 49.0. The number of hydrogen-bond donors (Lipinski definition) is 2. The molecule has 1 aromatic heterocycles. The molecule has 1 rings (SSSR count). The lowest BCUT2D eigenvalue weighted by Gasteiger charge is -2.08. The highest BCUT2D eigenvalue weighted by atomic mass is 79.9. The molecule has 3 N–H and O–H groups in total. The molecule has 19 heavy (non-hydrogen) atoms. The molecule has 0 atom stereocenters. The third-order valence-corrected chi connectivity index (χ3v) is 5.91. The van der Waals surface area contributed by atoms with E-state index in [0.717, 1.165) is 0 Å². The zero-order valence-electron chi connectivity index (χ0n) is 10.1. The van der Waals surface area contributed by atoms with E-state index >= 15 is 0 Å². The number of halogens is 1. The fraction of sp³-hybridized carbons (Fsp3) is 0.444. The first-order chi connectivity index (χ1) is 8.68. The Bertz CT molecular complexity index is 658. The minimum Gasteiger partial charge on any atom is -0.383 e. The highest BCUT2D eigenvalue weighted by Crippen LogP contribution is 2.20. The predicted molar refractivity (Wildman–Crippen MR) is 75.9 cm³/mol. The number of sulfonamides is 1. The second-order valence-electron chi connectivity index (χ2n) is 3.67.